The Bertz CT molecular complexity index is 940. The number of ether oxygens (including phenoxy) is 1. The minimum Gasteiger partial charge on any atom is -0.493 e. The molecule has 2 aromatic carbocycles. The molecule has 4 nitrogen and oxygen atoms in total. The van der Waals surface area contributed by atoms with Gasteiger partial charge in [0.1, 0.15) is 17.1 Å². The third-order valence-electron chi connectivity index (χ3n) is 3.59. The molecular weight excluding hydrogens is 346 g/mol. The molecule has 0 aliphatic rings. The summed E-state index contributed by atoms with van der Waals surface area (Å²) < 4.78 is 32.8. The molecule has 7 heteroatoms. The topological polar surface area (TPSA) is 51.2 Å². The number of carbonyl (C=O) groups excluding carboxylic acids is 1. The Hall–Kier alpha value is -2.54. The van der Waals surface area contributed by atoms with E-state index in [1.807, 2.05) is 32.0 Å². The third-order valence-corrected chi connectivity index (χ3v) is 4.51. The van der Waals surface area contributed by atoms with E-state index in [2.05, 4.69) is 10.3 Å². The average molecular weight is 362 g/mol. The second-order valence-corrected chi connectivity index (χ2v) is 6.70. The Morgan fingerprint density at radius 3 is 2.84 bits per heavy atom. The van der Waals surface area contributed by atoms with Crippen LogP contribution in [0, 0.1) is 25.5 Å². The molecule has 0 saturated heterocycles. The molecule has 1 heterocycles. The van der Waals surface area contributed by atoms with Crippen LogP contribution in [0.4, 0.5) is 13.9 Å². The Kier molecular flexibility index (Phi) is 4.94. The fourth-order valence-corrected chi connectivity index (χ4v) is 3.23. The highest BCUT2D eigenvalue weighted by Crippen LogP contribution is 2.28. The highest BCUT2D eigenvalue weighted by Gasteiger charge is 2.12. The van der Waals surface area contributed by atoms with E-state index in [4.69, 9.17) is 4.74 Å². The highest BCUT2D eigenvalue weighted by atomic mass is 32.1. The van der Waals surface area contributed by atoms with Gasteiger partial charge in [-0.05, 0) is 37.1 Å². The Labute approximate surface area is 147 Å². The van der Waals surface area contributed by atoms with Crippen molar-refractivity contribution in [1.29, 1.82) is 0 Å². The molecule has 0 saturated carbocycles. The molecule has 130 valence electrons. The lowest BCUT2D eigenvalue weighted by atomic mass is 10.1. The number of amides is 1. The molecule has 0 fully saturated rings. The summed E-state index contributed by atoms with van der Waals surface area (Å²) in [5, 5.41) is 2.82. The Morgan fingerprint density at radius 2 is 2.04 bits per heavy atom. The van der Waals surface area contributed by atoms with Crippen LogP contribution < -0.4 is 10.1 Å². The molecule has 25 heavy (non-hydrogen) atoms. The van der Waals surface area contributed by atoms with Gasteiger partial charge in [0.15, 0.2) is 10.9 Å². The van der Waals surface area contributed by atoms with E-state index in [-0.39, 0.29) is 29.6 Å². The van der Waals surface area contributed by atoms with Gasteiger partial charge >= 0.3 is 0 Å². The summed E-state index contributed by atoms with van der Waals surface area (Å²) >= 11 is 1.02. The third kappa shape index (κ3) is 4.11. The predicted molar refractivity (Wildman–Crippen MR) is 94.2 cm³/mol. The van der Waals surface area contributed by atoms with E-state index in [0.29, 0.717) is 4.70 Å². The van der Waals surface area contributed by atoms with Crippen LogP contribution in [-0.2, 0) is 4.79 Å². The largest absolute Gasteiger partial charge is 0.493 e. The van der Waals surface area contributed by atoms with Gasteiger partial charge in [0.25, 0.3) is 0 Å². The van der Waals surface area contributed by atoms with E-state index in [9.17, 15) is 13.6 Å². The van der Waals surface area contributed by atoms with Gasteiger partial charge in [-0.3, -0.25) is 4.79 Å². The summed E-state index contributed by atoms with van der Waals surface area (Å²) in [5.41, 5.74) is 2.12. The van der Waals surface area contributed by atoms with Crippen LogP contribution in [0.5, 0.6) is 5.75 Å². The van der Waals surface area contributed by atoms with Gasteiger partial charge in [-0.15, -0.1) is 0 Å². The number of nitrogens with zero attached hydrogens (tertiary/aromatic N) is 1. The molecule has 0 aliphatic carbocycles. The van der Waals surface area contributed by atoms with Crippen molar-refractivity contribution >= 4 is 32.6 Å². The Morgan fingerprint density at radius 1 is 1.24 bits per heavy atom. The summed E-state index contributed by atoms with van der Waals surface area (Å²) in [6.07, 6.45) is 0.125. The van der Waals surface area contributed by atoms with Crippen LogP contribution in [0.25, 0.3) is 10.2 Å². The first-order valence-electron chi connectivity index (χ1n) is 7.68. The Balaban J connectivity index is 1.59. The number of hydrogen-bond donors (Lipinski definition) is 1. The first kappa shape index (κ1) is 17.3. The number of halogens is 2. The number of fused-ring (bicyclic) bond motifs is 1. The standard InChI is InChI=1S/C18H16F2N2O2S/c1-10-3-4-11(2)14(7-10)24-6-5-16(23)21-18-22-17-13(20)8-12(19)9-15(17)25-18/h3-4,7-9H,5-6H2,1-2H3,(H,21,22,23). The minimum absolute atomic E-state index is 0.0494. The average Bonchev–Trinajstić information content (AvgIpc) is 2.93. The van der Waals surface area contributed by atoms with Crippen LogP contribution >= 0.6 is 11.3 Å². The molecule has 0 atom stereocenters. The van der Waals surface area contributed by atoms with Crippen LogP contribution in [-0.4, -0.2) is 17.5 Å². The predicted octanol–water partition coefficient (Wildman–Crippen LogP) is 4.60. The van der Waals surface area contributed by atoms with Crippen molar-refractivity contribution in [3.63, 3.8) is 0 Å². The maximum atomic E-state index is 13.6. The van der Waals surface area contributed by atoms with Crippen molar-refractivity contribution in [2.75, 3.05) is 11.9 Å². The molecule has 0 spiro atoms. The van der Waals surface area contributed by atoms with Gasteiger partial charge in [-0.2, -0.15) is 0 Å². The molecule has 3 rings (SSSR count). The van der Waals surface area contributed by atoms with Gasteiger partial charge in [0.05, 0.1) is 17.7 Å². The van der Waals surface area contributed by atoms with Crippen molar-refractivity contribution < 1.29 is 18.3 Å². The number of carbonyl (C=O) groups is 1. The lowest BCUT2D eigenvalue weighted by molar-refractivity contribution is -0.116. The van der Waals surface area contributed by atoms with E-state index in [1.165, 1.54) is 6.07 Å². The summed E-state index contributed by atoms with van der Waals surface area (Å²) in [7, 11) is 0. The smallest absolute Gasteiger partial charge is 0.229 e. The van der Waals surface area contributed by atoms with Crippen LogP contribution in [0.3, 0.4) is 0 Å². The fourth-order valence-electron chi connectivity index (χ4n) is 2.31. The molecule has 0 radical (unpaired) electrons. The zero-order valence-corrected chi connectivity index (χ0v) is 14.5. The number of thiazole rings is 1. The molecule has 1 N–H and O–H groups in total. The van der Waals surface area contributed by atoms with Gasteiger partial charge < -0.3 is 10.1 Å². The lowest BCUT2D eigenvalue weighted by Crippen LogP contribution is -2.15. The van der Waals surface area contributed by atoms with Crippen LogP contribution in [0.2, 0.25) is 0 Å². The summed E-state index contributed by atoms with van der Waals surface area (Å²) in [6.45, 7) is 4.11. The maximum Gasteiger partial charge on any atom is 0.229 e. The quantitative estimate of drug-likeness (QED) is 0.722. The first-order chi connectivity index (χ1) is 11.9. The number of aryl methyl sites for hydroxylation is 2. The number of hydrogen-bond acceptors (Lipinski definition) is 4. The normalized spacial score (nSPS) is 10.9. The zero-order chi connectivity index (χ0) is 18.0. The van der Waals surface area contributed by atoms with Crippen LogP contribution in [0.15, 0.2) is 30.3 Å². The molecular formula is C18H16F2N2O2S. The highest BCUT2D eigenvalue weighted by molar-refractivity contribution is 7.22. The number of nitrogens with one attached hydrogen (secondary N) is 1. The summed E-state index contributed by atoms with van der Waals surface area (Å²) in [6, 6.07) is 7.82. The van der Waals surface area contributed by atoms with Crippen molar-refractivity contribution in [2.45, 2.75) is 20.3 Å². The minimum atomic E-state index is -0.745. The van der Waals surface area contributed by atoms with E-state index in [1.54, 1.807) is 0 Å². The summed E-state index contributed by atoms with van der Waals surface area (Å²) in [4.78, 5) is 16.0. The van der Waals surface area contributed by atoms with Crippen LogP contribution in [0.1, 0.15) is 17.5 Å². The second kappa shape index (κ2) is 7.14. The second-order valence-electron chi connectivity index (χ2n) is 5.67. The van der Waals surface area contributed by atoms with E-state index < -0.39 is 11.6 Å². The summed E-state index contributed by atoms with van der Waals surface area (Å²) in [5.74, 6) is -0.978. The van der Waals surface area contributed by atoms with E-state index in [0.717, 1.165) is 34.3 Å². The van der Waals surface area contributed by atoms with Crippen molar-refractivity contribution in [3.8, 4) is 5.75 Å². The molecule has 0 unspecified atom stereocenters. The van der Waals surface area contributed by atoms with E-state index >= 15 is 0 Å². The monoisotopic (exact) mass is 362 g/mol. The molecule has 0 bridgehead atoms. The number of anilines is 1. The van der Waals surface area contributed by atoms with Crippen molar-refractivity contribution in [1.82, 2.24) is 4.98 Å². The zero-order valence-electron chi connectivity index (χ0n) is 13.7. The van der Waals surface area contributed by atoms with Gasteiger partial charge in [-0.1, -0.05) is 23.5 Å². The maximum absolute atomic E-state index is 13.6. The van der Waals surface area contributed by atoms with Crippen molar-refractivity contribution in [2.24, 2.45) is 0 Å². The number of rotatable bonds is 5. The number of aromatic nitrogens is 1. The van der Waals surface area contributed by atoms with Crippen molar-refractivity contribution in [3.05, 3.63) is 53.1 Å². The first-order valence-corrected chi connectivity index (χ1v) is 8.49. The van der Waals surface area contributed by atoms with Gasteiger partial charge in [0, 0.05) is 6.07 Å². The lowest BCUT2D eigenvalue weighted by Gasteiger charge is -2.09. The molecule has 1 aromatic heterocycles. The molecule has 0 aliphatic heterocycles. The van der Waals surface area contributed by atoms with Gasteiger partial charge in [0.2, 0.25) is 5.91 Å². The fraction of sp³-hybridized carbons (Fsp3) is 0.222. The van der Waals surface area contributed by atoms with Gasteiger partial charge in [-0.25, -0.2) is 13.8 Å². The molecule has 1 amide bonds. The number of benzene rings is 2. The molecule has 3 aromatic rings. The SMILES string of the molecule is Cc1ccc(C)c(OCCC(=O)Nc2nc3c(F)cc(F)cc3s2)c1.